The summed E-state index contributed by atoms with van der Waals surface area (Å²) in [5.74, 6) is 0.650. The first kappa shape index (κ1) is 16.8. The number of benzene rings is 1. The van der Waals surface area contributed by atoms with Crippen LogP contribution in [0.3, 0.4) is 0 Å². The van der Waals surface area contributed by atoms with Crippen molar-refractivity contribution in [2.75, 3.05) is 26.2 Å². The van der Waals surface area contributed by atoms with E-state index in [4.69, 9.17) is 0 Å². The molecule has 1 aliphatic heterocycles. The highest BCUT2D eigenvalue weighted by Gasteiger charge is 2.42. The van der Waals surface area contributed by atoms with Crippen molar-refractivity contribution in [3.63, 3.8) is 0 Å². The molecule has 0 aromatic heterocycles. The van der Waals surface area contributed by atoms with Gasteiger partial charge in [-0.25, -0.2) is 8.42 Å². The summed E-state index contributed by atoms with van der Waals surface area (Å²) in [5.41, 5.74) is -0.150. The molecule has 1 aliphatic carbocycles. The van der Waals surface area contributed by atoms with E-state index in [1.807, 2.05) is 6.92 Å². The van der Waals surface area contributed by atoms with Gasteiger partial charge < -0.3 is 4.90 Å². The summed E-state index contributed by atoms with van der Waals surface area (Å²) in [7, 11) is -3.70. The van der Waals surface area contributed by atoms with Crippen LogP contribution in [0.15, 0.2) is 29.2 Å². The molecule has 2 aliphatic rings. The molecule has 1 saturated heterocycles. The third-order valence-corrected chi connectivity index (χ3v) is 6.58. The number of nitrogens with zero attached hydrogens (tertiary/aromatic N) is 3. The zero-order valence-electron chi connectivity index (χ0n) is 13.3. The minimum absolute atomic E-state index is 0.0312. The summed E-state index contributed by atoms with van der Waals surface area (Å²) < 4.78 is 26.5. The zero-order chi connectivity index (χ0) is 17.5. The molecule has 1 heterocycles. The second-order valence-corrected chi connectivity index (χ2v) is 8.24. The van der Waals surface area contributed by atoms with Crippen molar-refractivity contribution in [3.8, 4) is 0 Å². The largest absolute Gasteiger partial charge is 0.340 e. The van der Waals surface area contributed by atoms with Crippen molar-refractivity contribution in [2.45, 2.75) is 18.2 Å². The Balaban J connectivity index is 1.66. The summed E-state index contributed by atoms with van der Waals surface area (Å²) in [6.45, 7) is 3.29. The lowest BCUT2D eigenvalue weighted by molar-refractivity contribution is -0.384. The van der Waals surface area contributed by atoms with Gasteiger partial charge >= 0.3 is 0 Å². The summed E-state index contributed by atoms with van der Waals surface area (Å²) in [5, 5.41) is 10.7. The molecule has 1 aromatic carbocycles. The lowest BCUT2D eigenvalue weighted by Crippen LogP contribution is -2.51. The highest BCUT2D eigenvalue weighted by Crippen LogP contribution is 2.39. The summed E-state index contributed by atoms with van der Waals surface area (Å²) in [4.78, 5) is 24.0. The van der Waals surface area contributed by atoms with Crippen molar-refractivity contribution >= 4 is 21.6 Å². The fourth-order valence-electron chi connectivity index (χ4n) is 2.94. The van der Waals surface area contributed by atoms with Gasteiger partial charge in [0.2, 0.25) is 15.9 Å². The van der Waals surface area contributed by atoms with Crippen LogP contribution in [0.1, 0.15) is 13.3 Å². The zero-order valence-corrected chi connectivity index (χ0v) is 14.1. The number of hydrogen-bond donors (Lipinski definition) is 0. The molecule has 0 N–H and O–H groups in total. The lowest BCUT2D eigenvalue weighted by Gasteiger charge is -2.34. The Morgan fingerprint density at radius 1 is 1.17 bits per heavy atom. The standard InChI is InChI=1S/C15H19N3O5S/c1-11-10-14(11)15(19)16-6-8-17(9-7-16)24(22,23)13-4-2-12(3-5-13)18(20)21/h2-5,11,14H,6-10H2,1H3/t11-,14-/m0/s1. The highest BCUT2D eigenvalue weighted by molar-refractivity contribution is 7.89. The maximum atomic E-state index is 12.6. The van der Waals surface area contributed by atoms with Gasteiger partial charge in [-0.1, -0.05) is 6.92 Å². The summed E-state index contributed by atoms with van der Waals surface area (Å²) in [6.07, 6.45) is 0.917. The number of piperazine rings is 1. The van der Waals surface area contributed by atoms with Gasteiger partial charge in [-0.3, -0.25) is 14.9 Å². The Labute approximate surface area is 140 Å². The van der Waals surface area contributed by atoms with Crippen molar-refractivity contribution < 1.29 is 18.1 Å². The molecular formula is C15H19N3O5S. The monoisotopic (exact) mass is 353 g/mol. The quantitative estimate of drug-likeness (QED) is 0.595. The number of carbonyl (C=O) groups excluding carboxylic acids is 1. The van der Waals surface area contributed by atoms with Gasteiger partial charge in [-0.15, -0.1) is 0 Å². The van der Waals surface area contributed by atoms with Crippen molar-refractivity contribution in [1.82, 2.24) is 9.21 Å². The van der Waals surface area contributed by atoms with Gasteiger partial charge in [0.25, 0.3) is 5.69 Å². The fraction of sp³-hybridized carbons (Fsp3) is 0.533. The second kappa shape index (κ2) is 6.14. The van der Waals surface area contributed by atoms with Crippen LogP contribution in [0.2, 0.25) is 0 Å². The molecule has 1 saturated carbocycles. The van der Waals surface area contributed by atoms with Gasteiger partial charge in [0.05, 0.1) is 9.82 Å². The van der Waals surface area contributed by atoms with E-state index in [1.54, 1.807) is 4.90 Å². The molecule has 2 fully saturated rings. The Hall–Kier alpha value is -2.00. The molecule has 2 atom stereocenters. The predicted molar refractivity (Wildman–Crippen MR) is 85.7 cm³/mol. The number of rotatable bonds is 4. The predicted octanol–water partition coefficient (Wildman–Crippen LogP) is 1.08. The van der Waals surface area contributed by atoms with Crippen LogP contribution in [-0.2, 0) is 14.8 Å². The number of nitro groups is 1. The Kier molecular flexibility index (Phi) is 4.31. The molecule has 1 amide bonds. The van der Waals surface area contributed by atoms with Crippen molar-refractivity contribution in [2.24, 2.45) is 11.8 Å². The molecule has 130 valence electrons. The number of non-ortho nitro benzene ring substituents is 1. The average Bonchev–Trinajstić information content (AvgIpc) is 3.31. The van der Waals surface area contributed by atoms with Gasteiger partial charge in [-0.2, -0.15) is 4.31 Å². The number of nitro benzene ring substituents is 1. The van der Waals surface area contributed by atoms with Gasteiger partial charge in [0, 0.05) is 44.2 Å². The van der Waals surface area contributed by atoms with Crippen molar-refractivity contribution in [1.29, 1.82) is 0 Å². The fourth-order valence-corrected chi connectivity index (χ4v) is 4.36. The van der Waals surface area contributed by atoms with Crippen LogP contribution in [-0.4, -0.2) is 54.6 Å². The van der Waals surface area contributed by atoms with E-state index in [9.17, 15) is 23.3 Å². The number of carbonyl (C=O) groups is 1. The maximum Gasteiger partial charge on any atom is 0.269 e. The van der Waals surface area contributed by atoms with E-state index in [0.717, 1.165) is 6.42 Å². The first-order valence-corrected chi connectivity index (χ1v) is 9.28. The number of amides is 1. The van der Waals surface area contributed by atoms with Crippen molar-refractivity contribution in [3.05, 3.63) is 34.4 Å². The van der Waals surface area contributed by atoms with Gasteiger partial charge in [0.1, 0.15) is 0 Å². The first-order valence-electron chi connectivity index (χ1n) is 7.84. The van der Waals surface area contributed by atoms with Crippen LogP contribution >= 0.6 is 0 Å². The van der Waals surface area contributed by atoms with E-state index in [-0.39, 0.29) is 35.5 Å². The third kappa shape index (κ3) is 3.13. The van der Waals surface area contributed by atoms with Crippen LogP contribution < -0.4 is 0 Å². The molecular weight excluding hydrogens is 334 g/mol. The van der Waals surface area contributed by atoms with E-state index in [2.05, 4.69) is 0 Å². The molecule has 0 spiro atoms. The second-order valence-electron chi connectivity index (χ2n) is 6.30. The van der Waals surface area contributed by atoms with Gasteiger partial charge in [0.15, 0.2) is 0 Å². The highest BCUT2D eigenvalue weighted by atomic mass is 32.2. The molecule has 1 aromatic rings. The Morgan fingerprint density at radius 2 is 1.71 bits per heavy atom. The van der Waals surface area contributed by atoms with Gasteiger partial charge in [-0.05, 0) is 24.5 Å². The minimum atomic E-state index is -3.70. The Morgan fingerprint density at radius 3 is 2.17 bits per heavy atom. The topological polar surface area (TPSA) is 101 Å². The van der Waals surface area contributed by atoms with Crippen LogP contribution in [0.25, 0.3) is 0 Å². The molecule has 0 bridgehead atoms. The van der Waals surface area contributed by atoms with Crippen LogP contribution in [0, 0.1) is 22.0 Å². The molecule has 0 unspecified atom stereocenters. The Bertz CT molecular complexity index is 754. The molecule has 8 nitrogen and oxygen atoms in total. The molecule has 3 rings (SSSR count). The summed E-state index contributed by atoms with van der Waals surface area (Å²) in [6, 6.07) is 4.86. The maximum absolute atomic E-state index is 12.6. The smallest absolute Gasteiger partial charge is 0.269 e. The summed E-state index contributed by atoms with van der Waals surface area (Å²) >= 11 is 0. The average molecular weight is 353 g/mol. The van der Waals surface area contributed by atoms with E-state index < -0.39 is 14.9 Å². The molecule has 24 heavy (non-hydrogen) atoms. The normalized spacial score (nSPS) is 24.6. The minimum Gasteiger partial charge on any atom is -0.340 e. The van der Waals surface area contributed by atoms with E-state index in [0.29, 0.717) is 19.0 Å². The van der Waals surface area contributed by atoms with Crippen LogP contribution in [0.5, 0.6) is 0 Å². The van der Waals surface area contributed by atoms with Crippen LogP contribution in [0.4, 0.5) is 5.69 Å². The lowest BCUT2D eigenvalue weighted by atomic mass is 10.2. The first-order chi connectivity index (χ1) is 11.3. The molecule has 0 radical (unpaired) electrons. The van der Waals surface area contributed by atoms with E-state index in [1.165, 1.54) is 28.6 Å². The number of hydrogen-bond acceptors (Lipinski definition) is 5. The third-order valence-electron chi connectivity index (χ3n) is 4.66. The number of sulfonamides is 1. The van der Waals surface area contributed by atoms with E-state index >= 15 is 0 Å². The SMILES string of the molecule is C[C@H]1C[C@@H]1C(=O)N1CCN(S(=O)(=O)c2ccc([N+](=O)[O-])cc2)CC1. The molecule has 9 heteroatoms.